The van der Waals surface area contributed by atoms with Crippen LogP contribution < -0.4 is 5.32 Å². The van der Waals surface area contributed by atoms with Crippen LogP contribution in [0.3, 0.4) is 0 Å². The lowest BCUT2D eigenvalue weighted by Gasteiger charge is -2.30. The molecule has 0 spiro atoms. The van der Waals surface area contributed by atoms with E-state index in [0.717, 1.165) is 28.7 Å². The van der Waals surface area contributed by atoms with Gasteiger partial charge < -0.3 is 20.3 Å². The van der Waals surface area contributed by atoms with Crippen LogP contribution in [-0.4, -0.2) is 41.0 Å². The maximum atomic E-state index is 12.4. The maximum absolute atomic E-state index is 12.4. The predicted molar refractivity (Wildman–Crippen MR) is 108 cm³/mol. The molecule has 29 heavy (non-hydrogen) atoms. The van der Waals surface area contributed by atoms with E-state index in [1.54, 1.807) is 0 Å². The topological polar surface area (TPSA) is 95.9 Å². The van der Waals surface area contributed by atoms with Gasteiger partial charge in [0.15, 0.2) is 0 Å². The molecule has 1 saturated carbocycles. The number of amides is 1. The van der Waals surface area contributed by atoms with E-state index < -0.39 is 24.2 Å². The molecule has 3 N–H and O–H groups in total. The lowest BCUT2D eigenvalue weighted by molar-refractivity contribution is -0.141. The van der Waals surface area contributed by atoms with Gasteiger partial charge in [0, 0.05) is 5.92 Å². The highest BCUT2D eigenvalue weighted by Gasteiger charge is 2.34. The van der Waals surface area contributed by atoms with E-state index in [9.17, 15) is 19.8 Å². The van der Waals surface area contributed by atoms with Crippen molar-refractivity contribution in [3.63, 3.8) is 0 Å². The highest BCUT2D eigenvalue weighted by molar-refractivity contribution is 5.81. The minimum absolute atomic E-state index is 0.0760. The quantitative estimate of drug-likeness (QED) is 0.720. The Labute approximate surface area is 169 Å². The van der Waals surface area contributed by atoms with Gasteiger partial charge in [0.1, 0.15) is 12.6 Å². The number of hydrogen-bond donors (Lipinski definition) is 3. The van der Waals surface area contributed by atoms with Gasteiger partial charge in [-0.3, -0.25) is 0 Å². The molecule has 2 aromatic carbocycles. The number of carbonyl (C=O) groups excluding carboxylic acids is 1. The zero-order chi connectivity index (χ0) is 20.4. The SMILES string of the molecule is O=C(N[C@H](C(=O)O)[C@H]1CCC[C@@H](O)C1)OCC1c2ccccc2-c2ccccc21. The molecule has 152 valence electrons. The molecular formula is C23H25NO5. The fourth-order valence-electron chi connectivity index (χ4n) is 4.65. The summed E-state index contributed by atoms with van der Waals surface area (Å²) in [6.45, 7) is 0.138. The standard InChI is InChI=1S/C23H25NO5/c25-15-7-5-6-14(12-15)21(22(26)27)24-23(28)29-13-20-18-10-3-1-8-16(18)17-9-2-4-11-19(17)20/h1-4,8-11,14-15,20-21,25H,5-7,12-13H2,(H,24,28)(H,26,27)/t14-,15+,21-/m0/s1. The first-order chi connectivity index (χ1) is 14.0. The smallest absolute Gasteiger partial charge is 0.407 e. The molecule has 0 unspecified atom stereocenters. The Morgan fingerprint density at radius 2 is 1.66 bits per heavy atom. The van der Waals surface area contributed by atoms with E-state index in [1.165, 1.54) is 0 Å². The van der Waals surface area contributed by atoms with Crippen LogP contribution in [0.25, 0.3) is 11.1 Å². The Bertz CT molecular complexity index is 866. The number of fused-ring (bicyclic) bond motifs is 3. The molecule has 0 saturated heterocycles. The van der Waals surface area contributed by atoms with Gasteiger partial charge in [0.2, 0.25) is 0 Å². The molecule has 2 aliphatic carbocycles. The normalized spacial score (nSPS) is 21.7. The van der Waals surface area contributed by atoms with Crippen LogP contribution in [0, 0.1) is 5.92 Å². The third-order valence-electron chi connectivity index (χ3n) is 6.04. The van der Waals surface area contributed by atoms with Crippen LogP contribution in [0.5, 0.6) is 0 Å². The summed E-state index contributed by atoms with van der Waals surface area (Å²) < 4.78 is 5.46. The average molecular weight is 395 g/mol. The Morgan fingerprint density at radius 1 is 1.03 bits per heavy atom. The van der Waals surface area contributed by atoms with Crippen molar-refractivity contribution >= 4 is 12.1 Å². The van der Waals surface area contributed by atoms with Gasteiger partial charge in [-0.25, -0.2) is 9.59 Å². The van der Waals surface area contributed by atoms with Crippen molar-refractivity contribution in [2.45, 2.75) is 43.7 Å². The fraction of sp³-hybridized carbons (Fsp3) is 0.391. The lowest BCUT2D eigenvalue weighted by atomic mass is 9.82. The number of alkyl carbamates (subject to hydrolysis) is 1. The van der Waals surface area contributed by atoms with E-state index in [4.69, 9.17) is 4.74 Å². The molecular weight excluding hydrogens is 370 g/mol. The Morgan fingerprint density at radius 3 is 2.24 bits per heavy atom. The molecule has 0 aromatic heterocycles. The Hall–Kier alpha value is -2.86. The summed E-state index contributed by atoms with van der Waals surface area (Å²) in [4.78, 5) is 24.1. The van der Waals surface area contributed by atoms with E-state index in [2.05, 4.69) is 17.4 Å². The number of benzene rings is 2. The lowest BCUT2D eigenvalue weighted by Crippen LogP contribution is -2.48. The number of nitrogens with one attached hydrogen (secondary N) is 1. The monoisotopic (exact) mass is 395 g/mol. The number of carboxylic acid groups (broad SMARTS) is 1. The van der Waals surface area contributed by atoms with E-state index >= 15 is 0 Å². The van der Waals surface area contributed by atoms with Crippen molar-refractivity contribution < 1.29 is 24.5 Å². The molecule has 6 nitrogen and oxygen atoms in total. The van der Waals surface area contributed by atoms with Gasteiger partial charge in [-0.15, -0.1) is 0 Å². The minimum atomic E-state index is -1.10. The molecule has 6 heteroatoms. The zero-order valence-corrected chi connectivity index (χ0v) is 16.1. The van der Waals surface area contributed by atoms with Gasteiger partial charge in [0.25, 0.3) is 0 Å². The first kappa shape index (κ1) is 19.5. The molecule has 3 atom stereocenters. The van der Waals surface area contributed by atoms with Gasteiger partial charge in [-0.1, -0.05) is 55.0 Å². The first-order valence-corrected chi connectivity index (χ1v) is 10.1. The van der Waals surface area contributed by atoms with Crippen molar-refractivity contribution in [3.8, 4) is 11.1 Å². The summed E-state index contributed by atoms with van der Waals surface area (Å²) in [6.07, 6.45) is 1.22. The number of ether oxygens (including phenoxy) is 1. The maximum Gasteiger partial charge on any atom is 0.407 e. The second kappa shape index (κ2) is 8.25. The molecule has 0 radical (unpaired) electrons. The summed E-state index contributed by atoms with van der Waals surface area (Å²) in [6, 6.07) is 15.0. The molecule has 1 fully saturated rings. The number of aliphatic hydroxyl groups excluding tert-OH is 1. The zero-order valence-electron chi connectivity index (χ0n) is 16.1. The third kappa shape index (κ3) is 3.98. The highest BCUT2D eigenvalue weighted by atomic mass is 16.5. The molecule has 2 aliphatic rings. The highest BCUT2D eigenvalue weighted by Crippen LogP contribution is 2.44. The second-order valence-corrected chi connectivity index (χ2v) is 7.87. The summed E-state index contributed by atoms with van der Waals surface area (Å²) in [5.74, 6) is -1.47. The second-order valence-electron chi connectivity index (χ2n) is 7.87. The van der Waals surface area contributed by atoms with Gasteiger partial charge in [-0.2, -0.15) is 0 Å². The molecule has 4 rings (SSSR count). The van der Waals surface area contributed by atoms with E-state index in [1.807, 2.05) is 36.4 Å². The van der Waals surface area contributed by atoms with Gasteiger partial charge in [0.05, 0.1) is 6.10 Å². The molecule has 0 aliphatic heterocycles. The number of rotatable bonds is 5. The number of aliphatic carboxylic acids is 1. The van der Waals surface area contributed by atoms with Crippen molar-refractivity contribution in [1.82, 2.24) is 5.32 Å². The first-order valence-electron chi connectivity index (χ1n) is 10.1. The van der Waals surface area contributed by atoms with Crippen molar-refractivity contribution in [3.05, 3.63) is 59.7 Å². The van der Waals surface area contributed by atoms with Crippen LogP contribution in [-0.2, 0) is 9.53 Å². The average Bonchev–Trinajstić information content (AvgIpc) is 3.04. The Kier molecular flexibility index (Phi) is 5.53. The third-order valence-corrected chi connectivity index (χ3v) is 6.04. The number of carboxylic acids is 1. The fourth-order valence-corrected chi connectivity index (χ4v) is 4.65. The molecule has 0 bridgehead atoms. The summed E-state index contributed by atoms with van der Waals surface area (Å²) in [5, 5.41) is 21.9. The van der Waals surface area contributed by atoms with Crippen LogP contribution in [0.4, 0.5) is 4.79 Å². The van der Waals surface area contributed by atoms with Crippen molar-refractivity contribution in [2.24, 2.45) is 5.92 Å². The molecule has 0 heterocycles. The van der Waals surface area contributed by atoms with Crippen molar-refractivity contribution in [1.29, 1.82) is 0 Å². The largest absolute Gasteiger partial charge is 0.480 e. The van der Waals surface area contributed by atoms with Crippen LogP contribution >= 0.6 is 0 Å². The van der Waals surface area contributed by atoms with Crippen LogP contribution in [0.15, 0.2) is 48.5 Å². The minimum Gasteiger partial charge on any atom is -0.480 e. The Balaban J connectivity index is 1.43. The molecule has 1 amide bonds. The van der Waals surface area contributed by atoms with E-state index in [0.29, 0.717) is 19.3 Å². The van der Waals surface area contributed by atoms with E-state index in [-0.39, 0.29) is 18.4 Å². The molecule has 2 aromatic rings. The summed E-state index contributed by atoms with van der Waals surface area (Å²) in [5.41, 5.74) is 4.48. The van der Waals surface area contributed by atoms with Gasteiger partial charge >= 0.3 is 12.1 Å². The number of carbonyl (C=O) groups is 2. The number of aliphatic hydroxyl groups is 1. The van der Waals surface area contributed by atoms with Crippen LogP contribution in [0.1, 0.15) is 42.7 Å². The summed E-state index contributed by atoms with van der Waals surface area (Å²) in [7, 11) is 0. The summed E-state index contributed by atoms with van der Waals surface area (Å²) >= 11 is 0. The number of hydrogen-bond acceptors (Lipinski definition) is 4. The van der Waals surface area contributed by atoms with Gasteiger partial charge in [-0.05, 0) is 47.4 Å². The predicted octanol–water partition coefficient (Wildman–Crippen LogP) is 3.53. The van der Waals surface area contributed by atoms with Crippen molar-refractivity contribution in [2.75, 3.05) is 6.61 Å². The van der Waals surface area contributed by atoms with Crippen LogP contribution in [0.2, 0.25) is 0 Å².